The highest BCUT2D eigenvalue weighted by Gasteiger charge is 1.96. The van der Waals surface area contributed by atoms with Crippen molar-refractivity contribution in [1.82, 2.24) is 10.6 Å². The van der Waals surface area contributed by atoms with Gasteiger partial charge in [0, 0.05) is 13.1 Å². The molecule has 0 saturated carbocycles. The fourth-order valence-corrected chi connectivity index (χ4v) is 1.57. The monoisotopic (exact) mass is 387 g/mol. The lowest BCUT2D eigenvalue weighted by molar-refractivity contribution is 0.414. The second-order valence-corrected chi connectivity index (χ2v) is 3.92. The summed E-state index contributed by atoms with van der Waals surface area (Å²) in [6.45, 7) is 4.04. The van der Waals surface area contributed by atoms with E-state index < -0.39 is 0 Å². The third kappa shape index (κ3) is 7.24. The van der Waals surface area contributed by atoms with Crippen molar-refractivity contribution >= 4 is 29.9 Å². The van der Waals surface area contributed by atoms with Crippen molar-refractivity contribution in [2.24, 2.45) is 4.99 Å². The minimum Gasteiger partial charge on any atom is -0.497 e. The number of nitrogens with one attached hydrogen (secondary N) is 2. The van der Waals surface area contributed by atoms with Gasteiger partial charge in [-0.25, -0.2) is 0 Å². The lowest BCUT2D eigenvalue weighted by atomic mass is 10.1. The number of hydrogen-bond acceptors (Lipinski definition) is 2. The number of guanidine groups is 1. The smallest absolute Gasteiger partial charge is 0.192 e. The standard InChI is InChI=1S/C15H21N3O.HI/c1-4-11-17-15(16-5-2)18-12-10-13-6-8-14(19-3)9-7-13;/h1,6-9H,5,10-12H2,2-3H3,(H2,16,17,18);1H. The van der Waals surface area contributed by atoms with E-state index in [1.807, 2.05) is 19.1 Å². The quantitative estimate of drug-likeness (QED) is 0.340. The molecule has 2 N–H and O–H groups in total. The van der Waals surface area contributed by atoms with Gasteiger partial charge < -0.3 is 15.4 Å². The molecule has 0 aliphatic carbocycles. The van der Waals surface area contributed by atoms with Crippen LogP contribution in [0, 0.1) is 12.3 Å². The molecule has 4 nitrogen and oxygen atoms in total. The van der Waals surface area contributed by atoms with E-state index in [4.69, 9.17) is 11.2 Å². The summed E-state index contributed by atoms with van der Waals surface area (Å²) in [7, 11) is 1.67. The number of methoxy groups -OCH3 is 1. The minimum atomic E-state index is 0. The van der Waals surface area contributed by atoms with E-state index in [0.717, 1.165) is 24.7 Å². The Morgan fingerprint density at radius 1 is 1.30 bits per heavy atom. The Balaban J connectivity index is 0.00000361. The number of terminal acetylenes is 1. The number of rotatable bonds is 6. The largest absolute Gasteiger partial charge is 0.497 e. The predicted octanol–water partition coefficient (Wildman–Crippen LogP) is 2.04. The Labute approximate surface area is 138 Å². The van der Waals surface area contributed by atoms with E-state index in [-0.39, 0.29) is 24.0 Å². The van der Waals surface area contributed by atoms with Gasteiger partial charge in [-0.05, 0) is 31.0 Å². The Morgan fingerprint density at radius 3 is 2.55 bits per heavy atom. The zero-order chi connectivity index (χ0) is 13.9. The summed E-state index contributed by atoms with van der Waals surface area (Å²) in [4.78, 5) is 4.46. The molecule has 0 aliphatic heterocycles. The van der Waals surface area contributed by atoms with Crippen molar-refractivity contribution in [3.05, 3.63) is 29.8 Å². The van der Waals surface area contributed by atoms with Crippen LogP contribution in [0.3, 0.4) is 0 Å². The highest BCUT2D eigenvalue weighted by atomic mass is 127. The van der Waals surface area contributed by atoms with E-state index in [1.165, 1.54) is 5.56 Å². The van der Waals surface area contributed by atoms with Crippen LogP contribution in [0.4, 0.5) is 0 Å². The molecule has 0 radical (unpaired) electrons. The number of benzene rings is 1. The summed E-state index contributed by atoms with van der Waals surface area (Å²) in [6.07, 6.45) is 6.10. The van der Waals surface area contributed by atoms with Crippen LogP contribution in [-0.2, 0) is 6.42 Å². The Hall–Kier alpha value is -1.42. The fraction of sp³-hybridized carbons (Fsp3) is 0.400. The fourth-order valence-electron chi connectivity index (χ4n) is 1.57. The highest BCUT2D eigenvalue weighted by molar-refractivity contribution is 14.0. The molecular formula is C15H22IN3O. The van der Waals surface area contributed by atoms with Gasteiger partial charge in [-0.1, -0.05) is 18.1 Å². The molecule has 0 saturated heterocycles. The van der Waals surface area contributed by atoms with Crippen molar-refractivity contribution < 1.29 is 4.74 Å². The van der Waals surface area contributed by atoms with E-state index >= 15 is 0 Å². The summed E-state index contributed by atoms with van der Waals surface area (Å²) >= 11 is 0. The number of hydrogen-bond donors (Lipinski definition) is 2. The van der Waals surface area contributed by atoms with Gasteiger partial charge in [0.1, 0.15) is 5.75 Å². The third-order valence-corrected chi connectivity index (χ3v) is 2.53. The summed E-state index contributed by atoms with van der Waals surface area (Å²) in [5, 5.41) is 6.20. The van der Waals surface area contributed by atoms with Gasteiger partial charge in [-0.3, -0.25) is 4.99 Å². The maximum absolute atomic E-state index is 5.21. The van der Waals surface area contributed by atoms with Gasteiger partial charge in [0.15, 0.2) is 5.96 Å². The van der Waals surface area contributed by atoms with Gasteiger partial charge in [-0.15, -0.1) is 30.4 Å². The summed E-state index contributed by atoms with van der Waals surface area (Å²) in [6, 6.07) is 8.02. The van der Waals surface area contributed by atoms with E-state index in [0.29, 0.717) is 13.1 Å². The zero-order valence-corrected chi connectivity index (χ0v) is 14.3. The molecule has 1 aromatic rings. The molecule has 1 rings (SSSR count). The summed E-state index contributed by atoms with van der Waals surface area (Å²) in [5.41, 5.74) is 1.23. The second-order valence-electron chi connectivity index (χ2n) is 3.92. The van der Waals surface area contributed by atoms with Crippen LogP contribution >= 0.6 is 24.0 Å². The average Bonchev–Trinajstić information content (AvgIpc) is 2.45. The van der Waals surface area contributed by atoms with Crippen LogP contribution in [0.1, 0.15) is 12.5 Å². The SMILES string of the molecule is C#CCNC(=NCCc1ccc(OC)cc1)NCC.I. The van der Waals surface area contributed by atoms with Gasteiger partial charge in [0.25, 0.3) is 0 Å². The molecule has 0 spiro atoms. The Bertz CT molecular complexity index is 437. The first-order valence-electron chi connectivity index (χ1n) is 6.38. The van der Waals surface area contributed by atoms with Gasteiger partial charge in [-0.2, -0.15) is 0 Å². The number of aliphatic imine (C=N–C) groups is 1. The number of nitrogens with zero attached hydrogens (tertiary/aromatic N) is 1. The maximum Gasteiger partial charge on any atom is 0.192 e. The van der Waals surface area contributed by atoms with Gasteiger partial charge in [0.05, 0.1) is 13.7 Å². The molecule has 0 atom stereocenters. The molecule has 110 valence electrons. The van der Waals surface area contributed by atoms with Crippen LogP contribution in [-0.4, -0.2) is 32.7 Å². The van der Waals surface area contributed by atoms with Crippen molar-refractivity contribution in [2.75, 3.05) is 26.7 Å². The second kappa shape index (κ2) is 11.4. The lowest BCUT2D eigenvalue weighted by Crippen LogP contribution is -2.37. The van der Waals surface area contributed by atoms with Crippen LogP contribution in [0.25, 0.3) is 0 Å². The van der Waals surface area contributed by atoms with Crippen molar-refractivity contribution in [3.63, 3.8) is 0 Å². The highest BCUT2D eigenvalue weighted by Crippen LogP contribution is 2.11. The average molecular weight is 387 g/mol. The summed E-state index contributed by atoms with van der Waals surface area (Å²) < 4.78 is 5.12. The van der Waals surface area contributed by atoms with Gasteiger partial charge >= 0.3 is 0 Å². The molecule has 20 heavy (non-hydrogen) atoms. The van der Waals surface area contributed by atoms with Crippen molar-refractivity contribution in [3.8, 4) is 18.1 Å². The van der Waals surface area contributed by atoms with E-state index in [9.17, 15) is 0 Å². The molecule has 0 bridgehead atoms. The zero-order valence-electron chi connectivity index (χ0n) is 12.0. The number of halogens is 1. The van der Waals surface area contributed by atoms with Crippen LogP contribution in [0.2, 0.25) is 0 Å². The molecule has 1 aromatic carbocycles. The molecule has 5 heteroatoms. The predicted molar refractivity (Wildman–Crippen MR) is 94.9 cm³/mol. The van der Waals surface area contributed by atoms with E-state index in [1.54, 1.807) is 7.11 Å². The van der Waals surface area contributed by atoms with Crippen molar-refractivity contribution in [2.45, 2.75) is 13.3 Å². The maximum atomic E-state index is 5.21. The lowest BCUT2D eigenvalue weighted by Gasteiger charge is -2.08. The van der Waals surface area contributed by atoms with Gasteiger partial charge in [0.2, 0.25) is 0 Å². The molecule has 0 aliphatic rings. The topological polar surface area (TPSA) is 45.7 Å². The number of ether oxygens (including phenoxy) is 1. The van der Waals surface area contributed by atoms with E-state index in [2.05, 4.69) is 33.7 Å². The van der Waals surface area contributed by atoms with Crippen LogP contribution in [0.5, 0.6) is 5.75 Å². The minimum absolute atomic E-state index is 0. The first-order chi connectivity index (χ1) is 9.30. The Kier molecular flexibility index (Phi) is 10.6. The first-order valence-corrected chi connectivity index (χ1v) is 6.38. The Morgan fingerprint density at radius 2 is 2.00 bits per heavy atom. The normalized spacial score (nSPS) is 10.2. The van der Waals surface area contributed by atoms with Crippen LogP contribution in [0.15, 0.2) is 29.3 Å². The molecular weight excluding hydrogens is 365 g/mol. The third-order valence-electron chi connectivity index (χ3n) is 2.53. The van der Waals surface area contributed by atoms with Crippen molar-refractivity contribution in [1.29, 1.82) is 0 Å². The van der Waals surface area contributed by atoms with Crippen LogP contribution < -0.4 is 15.4 Å². The summed E-state index contributed by atoms with van der Waals surface area (Å²) in [5.74, 6) is 4.16. The first kappa shape index (κ1) is 18.6. The molecule has 0 aromatic heterocycles. The molecule has 0 amide bonds. The molecule has 0 unspecified atom stereocenters. The molecule has 0 fully saturated rings. The molecule has 0 heterocycles.